The number of carbonyl (C=O) groups excluding carboxylic acids is 1. The normalized spacial score (nSPS) is 14.3. The monoisotopic (exact) mass is 268 g/mol. The molecule has 0 radical (unpaired) electrons. The number of likely N-dealkylation sites (N-methyl/N-ethyl adjacent to an activating group) is 1. The lowest BCUT2D eigenvalue weighted by molar-refractivity contribution is -0.124. The third-order valence-corrected chi connectivity index (χ3v) is 3.21. The van der Waals surface area contributed by atoms with Crippen LogP contribution in [-0.4, -0.2) is 37.3 Å². The molecule has 0 aromatic heterocycles. The summed E-state index contributed by atoms with van der Waals surface area (Å²) in [5.41, 5.74) is 1.11. The summed E-state index contributed by atoms with van der Waals surface area (Å²) < 4.78 is 0. The first-order valence-electron chi connectivity index (χ1n) is 6.10. The highest BCUT2D eigenvalue weighted by Crippen LogP contribution is 2.14. The molecule has 2 unspecified atom stereocenters. The van der Waals surface area contributed by atoms with Crippen molar-refractivity contribution in [3.8, 4) is 0 Å². The second-order valence-corrected chi connectivity index (χ2v) is 5.10. The average Bonchev–Trinajstić information content (AvgIpc) is 2.37. The second kappa shape index (κ2) is 7.39. The van der Waals surface area contributed by atoms with Gasteiger partial charge in [-0.15, -0.1) is 11.6 Å². The van der Waals surface area contributed by atoms with Gasteiger partial charge in [-0.25, -0.2) is 0 Å². The summed E-state index contributed by atoms with van der Waals surface area (Å²) in [6.45, 7) is 2.60. The molecule has 0 aliphatic rings. The standard InChI is InChI=1S/C14H21ClN2O/c1-11(9-15)14(18)16-13(10-17(2)3)12-7-5-4-6-8-12/h4-8,11,13H,9-10H2,1-3H3,(H,16,18). The van der Waals surface area contributed by atoms with Crippen molar-refractivity contribution in [1.29, 1.82) is 0 Å². The van der Waals surface area contributed by atoms with Crippen molar-refractivity contribution in [3.63, 3.8) is 0 Å². The van der Waals surface area contributed by atoms with Gasteiger partial charge >= 0.3 is 0 Å². The minimum absolute atomic E-state index is 0.000586. The van der Waals surface area contributed by atoms with Gasteiger partial charge in [0.1, 0.15) is 0 Å². The molecule has 1 rings (SSSR count). The second-order valence-electron chi connectivity index (χ2n) is 4.79. The lowest BCUT2D eigenvalue weighted by Gasteiger charge is -2.24. The third-order valence-electron chi connectivity index (χ3n) is 2.75. The Morgan fingerprint density at radius 1 is 1.33 bits per heavy atom. The maximum absolute atomic E-state index is 11.9. The van der Waals surface area contributed by atoms with E-state index in [4.69, 9.17) is 11.6 Å². The van der Waals surface area contributed by atoms with Crippen LogP contribution in [0.5, 0.6) is 0 Å². The van der Waals surface area contributed by atoms with Gasteiger partial charge in [0.2, 0.25) is 5.91 Å². The number of nitrogens with one attached hydrogen (secondary N) is 1. The SMILES string of the molecule is CC(CCl)C(=O)NC(CN(C)C)c1ccccc1. The van der Waals surface area contributed by atoms with E-state index in [-0.39, 0.29) is 17.9 Å². The number of alkyl halides is 1. The molecule has 2 atom stereocenters. The van der Waals surface area contributed by atoms with Gasteiger partial charge in [0.15, 0.2) is 0 Å². The van der Waals surface area contributed by atoms with Crippen molar-refractivity contribution in [2.75, 3.05) is 26.5 Å². The van der Waals surface area contributed by atoms with Gasteiger partial charge in [-0.05, 0) is 19.7 Å². The highest BCUT2D eigenvalue weighted by molar-refractivity contribution is 6.19. The number of carbonyl (C=O) groups is 1. The van der Waals surface area contributed by atoms with Crippen LogP contribution in [-0.2, 0) is 4.79 Å². The van der Waals surface area contributed by atoms with Crippen LogP contribution in [0, 0.1) is 5.92 Å². The minimum atomic E-state index is -0.167. The van der Waals surface area contributed by atoms with Crippen LogP contribution in [0.1, 0.15) is 18.5 Å². The fraction of sp³-hybridized carbons (Fsp3) is 0.500. The summed E-state index contributed by atoms with van der Waals surface area (Å²) >= 11 is 5.71. The summed E-state index contributed by atoms with van der Waals surface area (Å²) in [7, 11) is 3.99. The molecule has 18 heavy (non-hydrogen) atoms. The van der Waals surface area contributed by atoms with Crippen molar-refractivity contribution in [2.24, 2.45) is 5.92 Å². The van der Waals surface area contributed by atoms with Crippen LogP contribution >= 0.6 is 11.6 Å². The molecule has 4 heteroatoms. The Balaban J connectivity index is 2.77. The lowest BCUT2D eigenvalue weighted by atomic mass is 10.1. The maximum Gasteiger partial charge on any atom is 0.224 e. The van der Waals surface area contributed by atoms with Crippen molar-refractivity contribution in [3.05, 3.63) is 35.9 Å². The van der Waals surface area contributed by atoms with Crippen molar-refractivity contribution in [1.82, 2.24) is 10.2 Å². The lowest BCUT2D eigenvalue weighted by Crippen LogP contribution is -2.38. The van der Waals surface area contributed by atoms with E-state index in [1.807, 2.05) is 51.4 Å². The molecule has 1 amide bonds. The summed E-state index contributed by atoms with van der Waals surface area (Å²) in [4.78, 5) is 14.0. The number of benzene rings is 1. The van der Waals surface area contributed by atoms with Crippen molar-refractivity contribution in [2.45, 2.75) is 13.0 Å². The van der Waals surface area contributed by atoms with E-state index >= 15 is 0 Å². The minimum Gasteiger partial charge on any atom is -0.348 e. The predicted molar refractivity (Wildman–Crippen MR) is 75.8 cm³/mol. The van der Waals surface area contributed by atoms with Crippen LogP contribution in [0.3, 0.4) is 0 Å². The molecule has 0 saturated heterocycles. The third kappa shape index (κ3) is 4.67. The molecule has 0 bridgehead atoms. The van der Waals surface area contributed by atoms with Gasteiger partial charge in [0.25, 0.3) is 0 Å². The molecule has 1 N–H and O–H groups in total. The Kier molecular flexibility index (Phi) is 6.16. The van der Waals surface area contributed by atoms with E-state index in [9.17, 15) is 4.79 Å². The summed E-state index contributed by atoms with van der Waals surface area (Å²) in [6.07, 6.45) is 0. The molecule has 3 nitrogen and oxygen atoms in total. The average molecular weight is 269 g/mol. The first kappa shape index (κ1) is 15.0. The first-order chi connectivity index (χ1) is 8.54. The van der Waals surface area contributed by atoms with Gasteiger partial charge in [-0.1, -0.05) is 37.3 Å². The van der Waals surface area contributed by atoms with Crippen LogP contribution < -0.4 is 5.32 Å². The number of nitrogens with zero attached hydrogens (tertiary/aromatic N) is 1. The number of halogens is 1. The van der Waals surface area contributed by atoms with Crippen LogP contribution in [0.4, 0.5) is 0 Å². The summed E-state index contributed by atoms with van der Waals surface area (Å²) in [5.74, 6) is 0.177. The number of hydrogen-bond donors (Lipinski definition) is 1. The zero-order chi connectivity index (χ0) is 13.5. The molecule has 1 aromatic carbocycles. The summed E-state index contributed by atoms with van der Waals surface area (Å²) in [6, 6.07) is 9.99. The van der Waals surface area contributed by atoms with Gasteiger partial charge in [-0.2, -0.15) is 0 Å². The summed E-state index contributed by atoms with van der Waals surface area (Å²) in [5, 5.41) is 3.05. The maximum atomic E-state index is 11.9. The van der Waals surface area contributed by atoms with E-state index in [1.54, 1.807) is 0 Å². The fourth-order valence-corrected chi connectivity index (χ4v) is 1.81. The first-order valence-corrected chi connectivity index (χ1v) is 6.64. The molecule has 100 valence electrons. The molecule has 0 saturated carbocycles. The van der Waals surface area contributed by atoms with Crippen LogP contribution in [0.25, 0.3) is 0 Å². The molecule has 0 aliphatic heterocycles. The van der Waals surface area contributed by atoms with Crippen LogP contribution in [0.2, 0.25) is 0 Å². The highest BCUT2D eigenvalue weighted by Gasteiger charge is 2.18. The molecular formula is C14H21ClN2O. The number of rotatable bonds is 6. The molecule has 0 spiro atoms. The Bertz CT molecular complexity index is 367. The van der Waals surface area contributed by atoms with E-state index < -0.39 is 0 Å². The molecule has 1 aromatic rings. The topological polar surface area (TPSA) is 32.3 Å². The van der Waals surface area contributed by atoms with Gasteiger partial charge < -0.3 is 10.2 Å². The van der Waals surface area contributed by atoms with E-state index in [0.29, 0.717) is 5.88 Å². The largest absolute Gasteiger partial charge is 0.348 e. The zero-order valence-corrected chi connectivity index (χ0v) is 11.9. The molecular weight excluding hydrogens is 248 g/mol. The van der Waals surface area contributed by atoms with E-state index in [1.165, 1.54) is 0 Å². The van der Waals surface area contributed by atoms with Crippen LogP contribution in [0.15, 0.2) is 30.3 Å². The van der Waals surface area contributed by atoms with Crippen molar-refractivity contribution >= 4 is 17.5 Å². The Labute approximate surface area is 114 Å². The fourth-order valence-electron chi connectivity index (χ4n) is 1.67. The predicted octanol–water partition coefficient (Wildman–Crippen LogP) is 2.28. The molecule has 0 fully saturated rings. The smallest absolute Gasteiger partial charge is 0.224 e. The van der Waals surface area contributed by atoms with Gasteiger partial charge in [0, 0.05) is 18.3 Å². The van der Waals surface area contributed by atoms with E-state index in [2.05, 4.69) is 10.2 Å². The van der Waals surface area contributed by atoms with E-state index in [0.717, 1.165) is 12.1 Å². The molecule has 0 heterocycles. The van der Waals surface area contributed by atoms with Gasteiger partial charge in [0.05, 0.1) is 6.04 Å². The number of hydrogen-bond acceptors (Lipinski definition) is 2. The van der Waals surface area contributed by atoms with Crippen molar-refractivity contribution < 1.29 is 4.79 Å². The van der Waals surface area contributed by atoms with Gasteiger partial charge in [-0.3, -0.25) is 4.79 Å². The highest BCUT2D eigenvalue weighted by atomic mass is 35.5. The Morgan fingerprint density at radius 3 is 2.44 bits per heavy atom. The molecule has 0 aliphatic carbocycles. The quantitative estimate of drug-likeness (QED) is 0.803. The Hall–Kier alpha value is -1.06. The zero-order valence-electron chi connectivity index (χ0n) is 11.2. The Morgan fingerprint density at radius 2 is 1.94 bits per heavy atom. The number of amides is 1.